The number of phenols is 1. The maximum atomic E-state index is 9.37. The summed E-state index contributed by atoms with van der Waals surface area (Å²) in [5.41, 5.74) is 0. The van der Waals surface area contributed by atoms with Crippen LogP contribution in [0.1, 0.15) is 0 Å². The Morgan fingerprint density at radius 3 is 2.29 bits per heavy atom. The van der Waals surface area contributed by atoms with Crippen molar-refractivity contribution in [2.45, 2.75) is 0 Å². The molecule has 0 atom stereocenters. The molecule has 0 bridgehead atoms. The van der Waals surface area contributed by atoms with Crippen LogP contribution in [-0.2, 0) is 3.83 Å². The molecule has 0 aliphatic rings. The Balaban J connectivity index is 0.000000293. The van der Waals surface area contributed by atoms with Crippen molar-refractivity contribution < 1.29 is 8.93 Å². The van der Waals surface area contributed by atoms with Crippen LogP contribution in [0.25, 0.3) is 10.8 Å². The highest BCUT2D eigenvalue weighted by Crippen LogP contribution is 2.22. The van der Waals surface area contributed by atoms with E-state index in [0.29, 0.717) is 5.75 Å². The number of benzene rings is 2. The van der Waals surface area contributed by atoms with Crippen molar-refractivity contribution in [1.82, 2.24) is 0 Å². The summed E-state index contributed by atoms with van der Waals surface area (Å²) < 4.78 is 4.06. The molecule has 0 aliphatic heterocycles. The smallest absolute Gasteiger partial charge is 0.123 e. The molecule has 0 saturated heterocycles. The van der Waals surface area contributed by atoms with Gasteiger partial charge in [-0.3, -0.25) is 0 Å². The molecule has 2 aromatic carbocycles. The molecule has 74 valence electrons. The minimum Gasteiger partial charge on any atom is -0.507 e. The third-order valence-corrected chi connectivity index (χ3v) is 1.77. The van der Waals surface area contributed by atoms with Crippen molar-refractivity contribution in [3.05, 3.63) is 42.5 Å². The first-order valence-electron chi connectivity index (χ1n) is 4.11. The SMILES string of the molecule is COBr.Oc1cccc2ccccc12. The van der Waals surface area contributed by atoms with Crippen LogP contribution in [-0.4, -0.2) is 12.2 Å². The van der Waals surface area contributed by atoms with Gasteiger partial charge in [0.15, 0.2) is 0 Å². The number of fused-ring (bicyclic) bond motifs is 1. The van der Waals surface area contributed by atoms with Crippen molar-refractivity contribution in [2.75, 3.05) is 7.11 Å². The lowest BCUT2D eigenvalue weighted by Crippen LogP contribution is -1.70. The maximum absolute atomic E-state index is 9.37. The van der Waals surface area contributed by atoms with Gasteiger partial charge in [-0.05, 0) is 11.5 Å². The summed E-state index contributed by atoms with van der Waals surface area (Å²) >= 11 is 2.65. The van der Waals surface area contributed by atoms with Crippen LogP contribution in [0.5, 0.6) is 5.75 Å². The van der Waals surface area contributed by atoms with Crippen LogP contribution < -0.4 is 0 Å². The van der Waals surface area contributed by atoms with Gasteiger partial charge >= 0.3 is 0 Å². The van der Waals surface area contributed by atoms with Crippen molar-refractivity contribution in [3.8, 4) is 5.75 Å². The molecule has 14 heavy (non-hydrogen) atoms. The molecule has 0 aliphatic carbocycles. The second-order valence-electron chi connectivity index (χ2n) is 2.65. The summed E-state index contributed by atoms with van der Waals surface area (Å²) in [5.74, 6) is 0.350. The first kappa shape index (κ1) is 11.0. The van der Waals surface area contributed by atoms with Crippen LogP contribution in [0.2, 0.25) is 0 Å². The first-order chi connectivity index (χ1) is 6.79. The Hall–Kier alpha value is -1.06. The minimum absolute atomic E-state index is 0.350. The van der Waals surface area contributed by atoms with Gasteiger partial charge < -0.3 is 8.93 Å². The van der Waals surface area contributed by atoms with E-state index in [9.17, 15) is 5.11 Å². The average molecular weight is 255 g/mol. The molecule has 0 fully saturated rings. The molecule has 0 saturated carbocycles. The Morgan fingerprint density at radius 1 is 1.07 bits per heavy atom. The molecular formula is C11H11BrO2. The van der Waals surface area contributed by atoms with Crippen molar-refractivity contribution >= 4 is 27.0 Å². The maximum Gasteiger partial charge on any atom is 0.123 e. The largest absolute Gasteiger partial charge is 0.507 e. The highest BCUT2D eigenvalue weighted by atomic mass is 79.9. The van der Waals surface area contributed by atoms with Gasteiger partial charge in [-0.15, -0.1) is 0 Å². The predicted octanol–water partition coefficient (Wildman–Crippen LogP) is 3.49. The van der Waals surface area contributed by atoms with Crippen molar-refractivity contribution in [2.24, 2.45) is 0 Å². The second-order valence-corrected chi connectivity index (χ2v) is 3.30. The molecule has 0 radical (unpaired) electrons. The molecular weight excluding hydrogens is 244 g/mol. The van der Waals surface area contributed by atoms with Crippen LogP contribution >= 0.6 is 16.3 Å². The van der Waals surface area contributed by atoms with E-state index in [1.807, 2.05) is 36.4 Å². The van der Waals surface area contributed by atoms with E-state index in [2.05, 4.69) is 20.1 Å². The fourth-order valence-electron chi connectivity index (χ4n) is 1.21. The molecule has 0 spiro atoms. The summed E-state index contributed by atoms with van der Waals surface area (Å²) in [6.45, 7) is 0. The average Bonchev–Trinajstić information content (AvgIpc) is 2.20. The summed E-state index contributed by atoms with van der Waals surface area (Å²) in [7, 11) is 1.54. The predicted molar refractivity (Wildman–Crippen MR) is 61.5 cm³/mol. The molecule has 3 heteroatoms. The fraction of sp³-hybridized carbons (Fsp3) is 0.0909. The van der Waals surface area contributed by atoms with E-state index in [1.54, 1.807) is 13.2 Å². The molecule has 0 aromatic heterocycles. The molecule has 0 amide bonds. The van der Waals surface area contributed by atoms with E-state index < -0.39 is 0 Å². The Labute approximate surface area is 91.6 Å². The van der Waals surface area contributed by atoms with Gasteiger partial charge in [0.05, 0.1) is 23.4 Å². The zero-order chi connectivity index (χ0) is 10.4. The standard InChI is InChI=1S/C10H8O.CH3BrO/c11-10-7-3-5-8-4-1-2-6-9(8)10;1-3-2/h1-7,11H;1H3. The first-order valence-corrected chi connectivity index (χ1v) is 4.76. The molecule has 0 heterocycles. The second kappa shape index (κ2) is 5.62. The molecule has 1 N–H and O–H groups in total. The van der Waals surface area contributed by atoms with Crippen molar-refractivity contribution in [3.63, 3.8) is 0 Å². The number of rotatable bonds is 0. The number of phenolic OH excluding ortho intramolecular Hbond substituents is 1. The number of halogens is 1. The zero-order valence-corrected chi connectivity index (χ0v) is 9.36. The van der Waals surface area contributed by atoms with Gasteiger partial charge in [-0.1, -0.05) is 36.4 Å². The topological polar surface area (TPSA) is 29.5 Å². The van der Waals surface area contributed by atoms with Gasteiger partial charge in [0.25, 0.3) is 0 Å². The summed E-state index contributed by atoms with van der Waals surface area (Å²) in [6, 6.07) is 13.3. The zero-order valence-electron chi connectivity index (χ0n) is 7.77. The lowest BCUT2D eigenvalue weighted by molar-refractivity contribution is 0.481. The quantitative estimate of drug-likeness (QED) is 0.780. The van der Waals surface area contributed by atoms with Gasteiger partial charge in [0.2, 0.25) is 0 Å². The van der Waals surface area contributed by atoms with Crippen LogP contribution in [0.4, 0.5) is 0 Å². The Bertz CT molecular complexity index is 396. The van der Waals surface area contributed by atoms with Crippen LogP contribution in [0.15, 0.2) is 42.5 Å². The highest BCUT2D eigenvalue weighted by molar-refractivity contribution is 9.06. The normalized spacial score (nSPS) is 9.29. The van der Waals surface area contributed by atoms with Gasteiger partial charge in [0, 0.05) is 5.39 Å². The summed E-state index contributed by atoms with van der Waals surface area (Å²) in [5, 5.41) is 11.4. The van der Waals surface area contributed by atoms with E-state index in [4.69, 9.17) is 0 Å². The van der Waals surface area contributed by atoms with Crippen molar-refractivity contribution in [1.29, 1.82) is 0 Å². The molecule has 2 rings (SSSR count). The Morgan fingerprint density at radius 2 is 1.64 bits per heavy atom. The number of hydrogen-bond acceptors (Lipinski definition) is 2. The fourth-order valence-corrected chi connectivity index (χ4v) is 1.21. The third-order valence-electron chi connectivity index (χ3n) is 1.77. The van der Waals surface area contributed by atoms with Gasteiger partial charge in [-0.2, -0.15) is 0 Å². The van der Waals surface area contributed by atoms with Crippen LogP contribution in [0, 0.1) is 0 Å². The van der Waals surface area contributed by atoms with Crippen LogP contribution in [0.3, 0.4) is 0 Å². The summed E-state index contributed by atoms with van der Waals surface area (Å²) in [4.78, 5) is 0. The monoisotopic (exact) mass is 254 g/mol. The lowest BCUT2D eigenvalue weighted by Gasteiger charge is -1.97. The van der Waals surface area contributed by atoms with E-state index in [1.165, 1.54) is 0 Å². The van der Waals surface area contributed by atoms with Gasteiger partial charge in [-0.25, -0.2) is 0 Å². The minimum atomic E-state index is 0.350. The number of hydrogen-bond donors (Lipinski definition) is 1. The van der Waals surface area contributed by atoms with E-state index in [0.717, 1.165) is 10.8 Å². The lowest BCUT2D eigenvalue weighted by atomic mass is 10.1. The molecule has 0 unspecified atom stereocenters. The van der Waals surface area contributed by atoms with Gasteiger partial charge in [0.1, 0.15) is 5.75 Å². The summed E-state index contributed by atoms with van der Waals surface area (Å²) in [6.07, 6.45) is 0. The Kier molecular flexibility index (Phi) is 4.43. The number of aromatic hydroxyl groups is 1. The molecule has 2 nitrogen and oxygen atoms in total. The van der Waals surface area contributed by atoms with E-state index >= 15 is 0 Å². The highest BCUT2D eigenvalue weighted by Gasteiger charge is 1.94. The molecule has 2 aromatic rings. The third kappa shape index (κ3) is 2.72. The van der Waals surface area contributed by atoms with E-state index in [-0.39, 0.29) is 0 Å².